The van der Waals surface area contributed by atoms with Gasteiger partial charge in [0.1, 0.15) is 0 Å². The molecule has 1 N–H and O–H groups in total. The van der Waals surface area contributed by atoms with Crippen molar-refractivity contribution in [2.45, 2.75) is 44.9 Å². The van der Waals surface area contributed by atoms with Gasteiger partial charge in [0.05, 0.1) is 5.92 Å². The first-order chi connectivity index (χ1) is 10.3. The van der Waals surface area contributed by atoms with E-state index in [1.807, 2.05) is 30.3 Å². The van der Waals surface area contributed by atoms with Gasteiger partial charge in [0.2, 0.25) is 5.91 Å². The fourth-order valence-electron chi connectivity index (χ4n) is 3.06. The Kier molecular flexibility index (Phi) is 6.74. The lowest BCUT2D eigenvalue weighted by atomic mass is 9.95. The summed E-state index contributed by atoms with van der Waals surface area (Å²) in [6.45, 7) is 6.59. The molecule has 1 aliphatic heterocycles. The minimum Gasteiger partial charge on any atom is -0.356 e. The highest BCUT2D eigenvalue weighted by molar-refractivity contribution is 5.83. The van der Waals surface area contributed by atoms with Crippen LogP contribution in [0.25, 0.3) is 0 Å². The molecule has 1 aromatic rings. The van der Waals surface area contributed by atoms with E-state index in [-0.39, 0.29) is 11.8 Å². The molecule has 1 saturated heterocycles. The maximum Gasteiger partial charge on any atom is 0.227 e. The lowest BCUT2D eigenvalue weighted by molar-refractivity contribution is -0.122. The van der Waals surface area contributed by atoms with Crippen molar-refractivity contribution in [3.05, 3.63) is 35.9 Å². The van der Waals surface area contributed by atoms with E-state index in [1.54, 1.807) is 0 Å². The van der Waals surface area contributed by atoms with Crippen molar-refractivity contribution in [1.29, 1.82) is 0 Å². The fourth-order valence-corrected chi connectivity index (χ4v) is 3.06. The van der Waals surface area contributed by atoms with Crippen LogP contribution in [-0.4, -0.2) is 37.0 Å². The van der Waals surface area contributed by atoms with Gasteiger partial charge in [-0.1, -0.05) is 37.3 Å². The second-order valence-electron chi connectivity index (χ2n) is 5.92. The summed E-state index contributed by atoms with van der Waals surface area (Å²) in [4.78, 5) is 14.8. The third kappa shape index (κ3) is 5.16. The molecular weight excluding hydrogens is 260 g/mol. The summed E-state index contributed by atoms with van der Waals surface area (Å²) in [7, 11) is 0. The minimum atomic E-state index is -0.00946. The lowest BCUT2D eigenvalue weighted by Gasteiger charge is -2.16. The highest BCUT2D eigenvalue weighted by atomic mass is 16.1. The van der Waals surface area contributed by atoms with Crippen molar-refractivity contribution in [2.75, 3.05) is 26.2 Å². The normalized spacial score (nSPS) is 16.8. The average Bonchev–Trinajstić information content (AvgIpc) is 3.02. The third-order valence-corrected chi connectivity index (χ3v) is 4.33. The molecule has 0 aliphatic carbocycles. The number of unbranched alkanes of at least 4 members (excludes halogenated alkanes) is 1. The van der Waals surface area contributed by atoms with E-state index < -0.39 is 0 Å². The number of nitrogens with one attached hydrogen (secondary N) is 1. The van der Waals surface area contributed by atoms with Crippen LogP contribution in [0, 0.1) is 0 Å². The van der Waals surface area contributed by atoms with Gasteiger partial charge in [-0.05, 0) is 57.3 Å². The smallest absolute Gasteiger partial charge is 0.227 e. The van der Waals surface area contributed by atoms with E-state index in [4.69, 9.17) is 0 Å². The molecule has 1 heterocycles. The van der Waals surface area contributed by atoms with Gasteiger partial charge >= 0.3 is 0 Å². The van der Waals surface area contributed by atoms with Crippen molar-refractivity contribution in [3.63, 3.8) is 0 Å². The fraction of sp³-hybridized carbons (Fsp3) is 0.611. The van der Waals surface area contributed by atoms with Crippen molar-refractivity contribution in [2.24, 2.45) is 0 Å². The molecule has 0 bridgehead atoms. The summed E-state index contributed by atoms with van der Waals surface area (Å²) >= 11 is 0. The number of carbonyl (C=O) groups excluding carboxylic acids is 1. The topological polar surface area (TPSA) is 32.3 Å². The van der Waals surface area contributed by atoms with Gasteiger partial charge < -0.3 is 10.2 Å². The molecule has 21 heavy (non-hydrogen) atoms. The summed E-state index contributed by atoms with van der Waals surface area (Å²) in [6.07, 6.45) is 5.82. The number of likely N-dealkylation sites (tertiary alicyclic amines) is 1. The molecule has 3 nitrogen and oxygen atoms in total. The Hall–Kier alpha value is -1.35. The van der Waals surface area contributed by atoms with E-state index in [1.165, 1.54) is 38.9 Å². The Balaban J connectivity index is 1.65. The zero-order valence-corrected chi connectivity index (χ0v) is 13.2. The van der Waals surface area contributed by atoms with E-state index in [0.717, 1.165) is 24.9 Å². The number of carbonyl (C=O) groups is 1. The SMILES string of the molecule is CCC(C(=O)NCCCCN1CCCC1)c1ccccc1. The molecule has 1 atom stereocenters. The highest BCUT2D eigenvalue weighted by Crippen LogP contribution is 2.19. The van der Waals surface area contributed by atoms with E-state index in [2.05, 4.69) is 17.1 Å². The Morgan fingerprint density at radius 3 is 2.57 bits per heavy atom. The Bertz CT molecular complexity index is 412. The number of hydrogen-bond acceptors (Lipinski definition) is 2. The second-order valence-corrected chi connectivity index (χ2v) is 5.92. The number of rotatable bonds is 8. The van der Waals surface area contributed by atoms with Crippen molar-refractivity contribution in [1.82, 2.24) is 10.2 Å². The molecular formula is C18H28N2O. The van der Waals surface area contributed by atoms with Crippen LogP contribution in [0.3, 0.4) is 0 Å². The predicted octanol–water partition coefficient (Wildman–Crippen LogP) is 3.17. The van der Waals surface area contributed by atoms with E-state index in [9.17, 15) is 4.79 Å². The zero-order valence-electron chi connectivity index (χ0n) is 13.2. The highest BCUT2D eigenvalue weighted by Gasteiger charge is 2.17. The van der Waals surface area contributed by atoms with E-state index in [0.29, 0.717) is 0 Å². The summed E-state index contributed by atoms with van der Waals surface area (Å²) in [5, 5.41) is 3.10. The zero-order chi connectivity index (χ0) is 14.9. The van der Waals surface area contributed by atoms with Crippen LogP contribution in [0.4, 0.5) is 0 Å². The molecule has 2 rings (SSSR count). The lowest BCUT2D eigenvalue weighted by Crippen LogP contribution is -2.30. The maximum atomic E-state index is 12.3. The summed E-state index contributed by atoms with van der Waals surface area (Å²) in [6, 6.07) is 10.1. The quantitative estimate of drug-likeness (QED) is 0.745. The minimum absolute atomic E-state index is 0.00946. The molecule has 3 heteroatoms. The van der Waals surface area contributed by atoms with Crippen LogP contribution < -0.4 is 5.32 Å². The number of benzene rings is 1. The molecule has 116 valence electrons. The van der Waals surface area contributed by atoms with Gasteiger partial charge in [-0.15, -0.1) is 0 Å². The molecule has 0 radical (unpaired) electrons. The summed E-state index contributed by atoms with van der Waals surface area (Å²) < 4.78 is 0. The second kappa shape index (κ2) is 8.83. The molecule has 1 fully saturated rings. The van der Waals surface area contributed by atoms with Gasteiger partial charge in [-0.2, -0.15) is 0 Å². The predicted molar refractivity (Wildman–Crippen MR) is 87.4 cm³/mol. The molecule has 1 aromatic carbocycles. The number of amides is 1. The van der Waals surface area contributed by atoms with Gasteiger partial charge in [-0.3, -0.25) is 4.79 Å². The van der Waals surface area contributed by atoms with Crippen molar-refractivity contribution >= 4 is 5.91 Å². The van der Waals surface area contributed by atoms with Crippen LogP contribution in [-0.2, 0) is 4.79 Å². The molecule has 1 aliphatic rings. The molecule has 1 unspecified atom stereocenters. The third-order valence-electron chi connectivity index (χ3n) is 4.33. The monoisotopic (exact) mass is 288 g/mol. The van der Waals surface area contributed by atoms with Crippen LogP contribution in [0.1, 0.15) is 50.5 Å². The summed E-state index contributed by atoms with van der Waals surface area (Å²) in [5.41, 5.74) is 1.12. The first-order valence-corrected chi connectivity index (χ1v) is 8.36. The Morgan fingerprint density at radius 2 is 1.90 bits per heavy atom. The van der Waals surface area contributed by atoms with Gasteiger partial charge in [0.15, 0.2) is 0 Å². The Morgan fingerprint density at radius 1 is 1.19 bits per heavy atom. The van der Waals surface area contributed by atoms with Gasteiger partial charge in [0.25, 0.3) is 0 Å². The largest absolute Gasteiger partial charge is 0.356 e. The van der Waals surface area contributed by atoms with Crippen LogP contribution >= 0.6 is 0 Å². The van der Waals surface area contributed by atoms with Crippen molar-refractivity contribution < 1.29 is 4.79 Å². The molecule has 0 saturated carbocycles. The van der Waals surface area contributed by atoms with Crippen LogP contribution in [0.15, 0.2) is 30.3 Å². The van der Waals surface area contributed by atoms with Gasteiger partial charge in [-0.25, -0.2) is 0 Å². The summed E-state index contributed by atoms with van der Waals surface area (Å²) in [5.74, 6) is 0.162. The van der Waals surface area contributed by atoms with E-state index >= 15 is 0 Å². The van der Waals surface area contributed by atoms with Crippen LogP contribution in [0.5, 0.6) is 0 Å². The van der Waals surface area contributed by atoms with Crippen LogP contribution in [0.2, 0.25) is 0 Å². The maximum absolute atomic E-state index is 12.3. The molecule has 0 aromatic heterocycles. The standard InChI is InChI=1S/C18H28N2O/c1-2-17(16-10-4-3-5-11-16)18(21)19-12-6-7-13-20-14-8-9-15-20/h3-5,10-11,17H,2,6-9,12-15H2,1H3,(H,19,21). The first kappa shape index (κ1) is 16.0. The Labute approximate surface area is 128 Å². The average molecular weight is 288 g/mol. The number of nitrogens with zero attached hydrogens (tertiary/aromatic N) is 1. The molecule has 0 spiro atoms. The van der Waals surface area contributed by atoms with Crippen molar-refractivity contribution in [3.8, 4) is 0 Å². The molecule has 1 amide bonds. The number of hydrogen-bond donors (Lipinski definition) is 1. The van der Waals surface area contributed by atoms with Gasteiger partial charge in [0, 0.05) is 6.54 Å². The first-order valence-electron chi connectivity index (χ1n) is 8.36.